The topological polar surface area (TPSA) is 54.6 Å². The number of fused-ring (bicyclic) bond motifs is 1. The fourth-order valence-electron chi connectivity index (χ4n) is 3.22. The first-order valence-corrected chi connectivity index (χ1v) is 8.25. The lowest BCUT2D eigenvalue weighted by Crippen LogP contribution is -2.29. The summed E-state index contributed by atoms with van der Waals surface area (Å²) in [5.41, 5.74) is 0.814. The summed E-state index contributed by atoms with van der Waals surface area (Å²) in [4.78, 5) is 0. The Morgan fingerprint density at radius 2 is 2.27 bits per heavy atom. The van der Waals surface area contributed by atoms with Crippen LogP contribution in [0.3, 0.4) is 0 Å². The molecule has 1 aliphatic carbocycles. The molecule has 0 bridgehead atoms. The van der Waals surface area contributed by atoms with Crippen LogP contribution in [-0.4, -0.2) is 24.4 Å². The number of para-hydroxylation sites is 1. The number of furan rings is 1. The molecule has 1 aromatic heterocycles. The number of benzene rings is 1. The molecular formula is C18H25NO3. The Labute approximate surface area is 131 Å². The first kappa shape index (κ1) is 15.4. The van der Waals surface area contributed by atoms with Gasteiger partial charge in [0.05, 0.1) is 18.8 Å². The predicted molar refractivity (Wildman–Crippen MR) is 87.1 cm³/mol. The van der Waals surface area contributed by atoms with E-state index in [1.165, 1.54) is 0 Å². The lowest BCUT2D eigenvalue weighted by molar-refractivity contribution is 0.129. The third kappa shape index (κ3) is 3.13. The first-order valence-electron chi connectivity index (χ1n) is 8.25. The number of rotatable bonds is 6. The number of hydrogen-bond donors (Lipinski definition) is 2. The summed E-state index contributed by atoms with van der Waals surface area (Å²) >= 11 is 0. The van der Waals surface area contributed by atoms with E-state index < -0.39 is 0 Å². The zero-order valence-corrected chi connectivity index (χ0v) is 13.3. The lowest BCUT2D eigenvalue weighted by atomic mass is 10.1. The molecule has 0 radical (unpaired) electrons. The summed E-state index contributed by atoms with van der Waals surface area (Å²) in [5.74, 6) is 2.07. The Kier molecular flexibility index (Phi) is 4.69. The number of aliphatic hydroxyl groups is 1. The SMILES string of the molecule is CCOc1cccc2cc(C(C)NCC3CCCC3O)oc12. The first-order chi connectivity index (χ1) is 10.7. The fraction of sp³-hybridized carbons (Fsp3) is 0.556. The highest BCUT2D eigenvalue weighted by molar-refractivity contribution is 5.83. The molecule has 1 heterocycles. The Morgan fingerprint density at radius 3 is 3.00 bits per heavy atom. The van der Waals surface area contributed by atoms with Crippen LogP contribution in [0.2, 0.25) is 0 Å². The molecule has 0 spiro atoms. The van der Waals surface area contributed by atoms with Crippen LogP contribution in [0.4, 0.5) is 0 Å². The van der Waals surface area contributed by atoms with Crippen LogP contribution in [0.25, 0.3) is 11.0 Å². The summed E-state index contributed by atoms with van der Waals surface area (Å²) in [5, 5.41) is 14.5. The van der Waals surface area contributed by atoms with Gasteiger partial charge in [-0.3, -0.25) is 0 Å². The van der Waals surface area contributed by atoms with E-state index in [9.17, 15) is 5.11 Å². The zero-order valence-electron chi connectivity index (χ0n) is 13.3. The van der Waals surface area contributed by atoms with E-state index in [1.54, 1.807) is 0 Å². The van der Waals surface area contributed by atoms with E-state index in [-0.39, 0.29) is 12.1 Å². The van der Waals surface area contributed by atoms with Crippen molar-refractivity contribution < 1.29 is 14.3 Å². The van der Waals surface area contributed by atoms with Crippen molar-refractivity contribution in [3.8, 4) is 5.75 Å². The van der Waals surface area contributed by atoms with Crippen LogP contribution in [0.5, 0.6) is 5.75 Å². The summed E-state index contributed by atoms with van der Waals surface area (Å²) in [6.45, 7) is 5.53. The summed E-state index contributed by atoms with van der Waals surface area (Å²) in [6.07, 6.45) is 3.02. The molecule has 1 aromatic carbocycles. The Morgan fingerprint density at radius 1 is 1.41 bits per heavy atom. The second-order valence-electron chi connectivity index (χ2n) is 6.14. The minimum absolute atomic E-state index is 0.120. The van der Waals surface area contributed by atoms with Crippen LogP contribution in [0.1, 0.15) is 44.9 Å². The van der Waals surface area contributed by atoms with Crippen LogP contribution in [0, 0.1) is 5.92 Å². The molecule has 0 amide bonds. The molecule has 3 rings (SSSR count). The molecule has 1 aliphatic rings. The van der Waals surface area contributed by atoms with Crippen molar-refractivity contribution >= 4 is 11.0 Å². The maximum absolute atomic E-state index is 9.90. The molecule has 3 unspecified atom stereocenters. The van der Waals surface area contributed by atoms with Gasteiger partial charge in [0.2, 0.25) is 0 Å². The third-order valence-corrected chi connectivity index (χ3v) is 4.56. The van der Waals surface area contributed by atoms with Gasteiger partial charge in [-0.05, 0) is 44.7 Å². The van der Waals surface area contributed by atoms with Gasteiger partial charge in [-0.15, -0.1) is 0 Å². The van der Waals surface area contributed by atoms with Crippen molar-refractivity contribution in [3.05, 3.63) is 30.0 Å². The molecule has 1 fully saturated rings. The van der Waals surface area contributed by atoms with Gasteiger partial charge in [-0.2, -0.15) is 0 Å². The monoisotopic (exact) mass is 303 g/mol. The van der Waals surface area contributed by atoms with Crippen LogP contribution in [-0.2, 0) is 0 Å². The molecule has 3 atom stereocenters. The minimum atomic E-state index is -0.153. The molecule has 2 N–H and O–H groups in total. The molecule has 1 saturated carbocycles. The van der Waals surface area contributed by atoms with Gasteiger partial charge in [0.15, 0.2) is 11.3 Å². The average Bonchev–Trinajstić information content (AvgIpc) is 3.12. The maximum Gasteiger partial charge on any atom is 0.176 e. The van der Waals surface area contributed by atoms with Crippen molar-refractivity contribution in [2.24, 2.45) is 5.92 Å². The van der Waals surface area contributed by atoms with E-state index in [2.05, 4.69) is 18.3 Å². The van der Waals surface area contributed by atoms with Crippen molar-refractivity contribution in [2.45, 2.75) is 45.3 Å². The average molecular weight is 303 g/mol. The van der Waals surface area contributed by atoms with Gasteiger partial charge in [0, 0.05) is 11.9 Å². The molecule has 120 valence electrons. The quantitative estimate of drug-likeness (QED) is 0.855. The van der Waals surface area contributed by atoms with Crippen molar-refractivity contribution in [2.75, 3.05) is 13.2 Å². The Balaban J connectivity index is 1.71. The van der Waals surface area contributed by atoms with Crippen molar-refractivity contribution in [1.82, 2.24) is 5.32 Å². The molecule has 0 aliphatic heterocycles. The van der Waals surface area contributed by atoms with E-state index in [0.29, 0.717) is 12.5 Å². The van der Waals surface area contributed by atoms with Gasteiger partial charge in [0.1, 0.15) is 5.76 Å². The van der Waals surface area contributed by atoms with Crippen molar-refractivity contribution in [3.63, 3.8) is 0 Å². The minimum Gasteiger partial charge on any atom is -0.490 e. The summed E-state index contributed by atoms with van der Waals surface area (Å²) in [6, 6.07) is 8.15. The zero-order chi connectivity index (χ0) is 15.5. The molecular weight excluding hydrogens is 278 g/mol. The standard InChI is InChI=1S/C18H25NO3/c1-3-21-16-9-5-6-13-10-17(22-18(13)16)12(2)19-11-14-7-4-8-15(14)20/h5-6,9-10,12,14-15,19-20H,3-4,7-8,11H2,1-2H3. The predicted octanol–water partition coefficient (Wildman–Crippen LogP) is 3.64. The van der Waals surface area contributed by atoms with Crippen molar-refractivity contribution in [1.29, 1.82) is 0 Å². The number of ether oxygens (including phenoxy) is 1. The van der Waals surface area contributed by atoms with Gasteiger partial charge < -0.3 is 19.6 Å². The second kappa shape index (κ2) is 6.71. The van der Waals surface area contributed by atoms with E-state index in [1.807, 2.05) is 25.1 Å². The third-order valence-electron chi connectivity index (χ3n) is 4.56. The Hall–Kier alpha value is -1.52. The van der Waals surface area contributed by atoms with Crippen LogP contribution in [0.15, 0.2) is 28.7 Å². The highest BCUT2D eigenvalue weighted by atomic mass is 16.5. The fourth-order valence-corrected chi connectivity index (χ4v) is 3.22. The molecule has 0 saturated heterocycles. The normalized spacial score (nSPS) is 23.0. The van der Waals surface area contributed by atoms with Gasteiger partial charge in [-0.1, -0.05) is 18.6 Å². The second-order valence-corrected chi connectivity index (χ2v) is 6.14. The van der Waals surface area contributed by atoms with E-state index in [4.69, 9.17) is 9.15 Å². The molecule has 4 nitrogen and oxygen atoms in total. The summed E-state index contributed by atoms with van der Waals surface area (Å²) in [7, 11) is 0. The lowest BCUT2D eigenvalue weighted by Gasteiger charge is -2.18. The van der Waals surface area contributed by atoms with Gasteiger partial charge >= 0.3 is 0 Å². The number of aliphatic hydroxyl groups excluding tert-OH is 1. The molecule has 22 heavy (non-hydrogen) atoms. The van der Waals surface area contributed by atoms with Crippen LogP contribution < -0.4 is 10.1 Å². The van der Waals surface area contributed by atoms with Gasteiger partial charge in [0.25, 0.3) is 0 Å². The number of hydrogen-bond acceptors (Lipinski definition) is 4. The van der Waals surface area contributed by atoms with Crippen LogP contribution >= 0.6 is 0 Å². The highest BCUT2D eigenvalue weighted by Crippen LogP contribution is 2.31. The largest absolute Gasteiger partial charge is 0.490 e. The van der Waals surface area contributed by atoms with E-state index >= 15 is 0 Å². The maximum atomic E-state index is 9.90. The number of nitrogens with one attached hydrogen (secondary N) is 1. The molecule has 2 aromatic rings. The van der Waals surface area contributed by atoms with E-state index in [0.717, 1.165) is 48.3 Å². The highest BCUT2D eigenvalue weighted by Gasteiger charge is 2.25. The van der Waals surface area contributed by atoms with Gasteiger partial charge in [-0.25, -0.2) is 0 Å². The Bertz CT molecular complexity index is 622. The smallest absolute Gasteiger partial charge is 0.176 e. The summed E-state index contributed by atoms with van der Waals surface area (Å²) < 4.78 is 11.6. The molecule has 4 heteroatoms.